The molecule has 5 rings (SSSR count). The zero-order valence-corrected chi connectivity index (χ0v) is 23.0. The third-order valence-electron chi connectivity index (χ3n) is 6.11. The van der Waals surface area contributed by atoms with E-state index in [0.717, 1.165) is 22.4 Å². The monoisotopic (exact) mass is 573 g/mol. The van der Waals surface area contributed by atoms with Crippen molar-refractivity contribution in [2.24, 2.45) is 0 Å². The van der Waals surface area contributed by atoms with Crippen LogP contribution in [0, 0.1) is 5.82 Å². The molecule has 0 saturated carbocycles. The Morgan fingerprint density at radius 2 is 1.66 bits per heavy atom. The fraction of sp³-hybridized carbons (Fsp3) is 0.172. The van der Waals surface area contributed by atoms with Gasteiger partial charge in [0.2, 0.25) is 17.8 Å². The van der Waals surface area contributed by atoms with Crippen LogP contribution in [-0.4, -0.2) is 40.1 Å². The third-order valence-corrected chi connectivity index (χ3v) is 6.97. The number of para-hydroxylation sites is 2. The highest BCUT2D eigenvalue weighted by Gasteiger charge is 2.14. The molecule has 0 fully saturated rings. The molecule has 12 heteroatoms. The van der Waals surface area contributed by atoms with Crippen LogP contribution in [0.5, 0.6) is 0 Å². The first-order chi connectivity index (χ1) is 19.7. The number of carbonyl (C=O) groups excluding carboxylic acids is 1. The molecule has 3 N–H and O–H groups in total. The number of nitrogens with zero attached hydrogens (tertiary/aromatic N) is 4. The van der Waals surface area contributed by atoms with Crippen LogP contribution in [0.3, 0.4) is 0 Å². The summed E-state index contributed by atoms with van der Waals surface area (Å²) in [4.78, 5) is 26.1. The molecule has 0 unspecified atom stereocenters. The lowest BCUT2D eigenvalue weighted by Crippen LogP contribution is -2.23. The number of rotatable bonds is 11. The minimum Gasteiger partial charge on any atom is -0.324 e. The number of amides is 1. The highest BCUT2D eigenvalue weighted by atomic mass is 32.2. The Kier molecular flexibility index (Phi) is 8.31. The maximum Gasteiger partial charge on any atom is 0.231 e. The molecular weight excluding hydrogens is 545 g/mol. The van der Waals surface area contributed by atoms with Gasteiger partial charge < -0.3 is 5.32 Å². The van der Waals surface area contributed by atoms with Crippen LogP contribution in [-0.2, 0) is 40.0 Å². The second kappa shape index (κ2) is 12.2. The van der Waals surface area contributed by atoms with Crippen molar-refractivity contribution in [1.82, 2.24) is 24.8 Å². The standard InChI is InChI=1S/C29H28FN7O3S/c1-41(39,40)18-21-8-12-23(13-9-21)33-28-32-15-14-24(34-28)17-31-19-37-26-5-3-2-4-25(26)35-29(37)36-27(38)16-20-6-10-22(30)11-7-20/h2-15,31H,16-19H2,1H3,(H,32,33,34)(H,35,36,38). The normalized spacial score (nSPS) is 11.5. The lowest BCUT2D eigenvalue weighted by atomic mass is 10.1. The summed E-state index contributed by atoms with van der Waals surface area (Å²) in [6.07, 6.45) is 2.95. The van der Waals surface area contributed by atoms with Crippen molar-refractivity contribution in [1.29, 1.82) is 0 Å². The number of anilines is 3. The van der Waals surface area contributed by atoms with Gasteiger partial charge in [-0.15, -0.1) is 0 Å². The van der Waals surface area contributed by atoms with E-state index in [-0.39, 0.29) is 23.9 Å². The average molecular weight is 574 g/mol. The van der Waals surface area contributed by atoms with E-state index in [9.17, 15) is 17.6 Å². The van der Waals surface area contributed by atoms with E-state index in [2.05, 4.69) is 30.9 Å². The van der Waals surface area contributed by atoms with E-state index < -0.39 is 9.84 Å². The highest BCUT2D eigenvalue weighted by Crippen LogP contribution is 2.20. The summed E-state index contributed by atoms with van der Waals surface area (Å²) in [7, 11) is -3.10. The number of imidazole rings is 1. The summed E-state index contributed by atoms with van der Waals surface area (Å²) in [6, 6.07) is 22.3. The van der Waals surface area contributed by atoms with Crippen LogP contribution >= 0.6 is 0 Å². The Labute approximate surface area is 236 Å². The Morgan fingerprint density at radius 1 is 0.927 bits per heavy atom. The highest BCUT2D eigenvalue weighted by molar-refractivity contribution is 7.89. The molecule has 0 aliphatic heterocycles. The van der Waals surface area contributed by atoms with Crippen LogP contribution < -0.4 is 16.0 Å². The zero-order chi connectivity index (χ0) is 28.8. The van der Waals surface area contributed by atoms with Gasteiger partial charge in [-0.25, -0.2) is 27.8 Å². The summed E-state index contributed by atoms with van der Waals surface area (Å²) < 4.78 is 38.1. The number of sulfone groups is 1. The molecule has 0 aliphatic rings. The molecule has 0 bridgehead atoms. The lowest BCUT2D eigenvalue weighted by Gasteiger charge is -2.12. The van der Waals surface area contributed by atoms with E-state index in [4.69, 9.17) is 0 Å². The average Bonchev–Trinajstić information content (AvgIpc) is 3.27. The number of hydrogen-bond acceptors (Lipinski definition) is 8. The van der Waals surface area contributed by atoms with Crippen molar-refractivity contribution in [3.05, 3.63) is 108 Å². The van der Waals surface area contributed by atoms with Gasteiger partial charge in [0.25, 0.3) is 0 Å². The molecule has 10 nitrogen and oxygen atoms in total. The van der Waals surface area contributed by atoms with Crippen LogP contribution in [0.2, 0.25) is 0 Å². The van der Waals surface area contributed by atoms with E-state index in [1.54, 1.807) is 48.7 Å². The molecule has 41 heavy (non-hydrogen) atoms. The molecule has 0 spiro atoms. The van der Waals surface area contributed by atoms with Gasteiger partial charge in [0, 0.05) is 24.7 Å². The molecule has 0 saturated heterocycles. The minimum absolute atomic E-state index is 0.0171. The maximum atomic E-state index is 13.2. The van der Waals surface area contributed by atoms with Gasteiger partial charge >= 0.3 is 0 Å². The van der Waals surface area contributed by atoms with Gasteiger partial charge in [0.15, 0.2) is 9.84 Å². The number of benzene rings is 3. The van der Waals surface area contributed by atoms with Crippen molar-refractivity contribution in [2.45, 2.75) is 25.4 Å². The van der Waals surface area contributed by atoms with Gasteiger partial charge in [0.1, 0.15) is 5.82 Å². The lowest BCUT2D eigenvalue weighted by molar-refractivity contribution is -0.115. The molecule has 0 radical (unpaired) electrons. The number of fused-ring (bicyclic) bond motifs is 1. The van der Waals surface area contributed by atoms with E-state index in [1.807, 2.05) is 28.8 Å². The van der Waals surface area contributed by atoms with Crippen molar-refractivity contribution in [2.75, 3.05) is 16.9 Å². The van der Waals surface area contributed by atoms with Gasteiger partial charge in [0.05, 0.1) is 35.6 Å². The predicted octanol–water partition coefficient (Wildman–Crippen LogP) is 4.18. The Hall–Kier alpha value is -4.68. The number of carbonyl (C=O) groups is 1. The molecular formula is C29H28FN7O3S. The number of halogens is 1. The van der Waals surface area contributed by atoms with Gasteiger partial charge in [-0.05, 0) is 53.6 Å². The van der Waals surface area contributed by atoms with Gasteiger partial charge in [-0.2, -0.15) is 0 Å². The number of hydrogen-bond donors (Lipinski definition) is 3. The second-order valence-electron chi connectivity index (χ2n) is 9.55. The fourth-order valence-corrected chi connectivity index (χ4v) is 5.05. The fourth-order valence-electron chi connectivity index (χ4n) is 4.25. The molecule has 2 aromatic heterocycles. The third kappa shape index (κ3) is 7.71. The van der Waals surface area contributed by atoms with E-state index in [1.165, 1.54) is 18.4 Å². The van der Waals surface area contributed by atoms with Crippen LogP contribution in [0.15, 0.2) is 85.1 Å². The summed E-state index contributed by atoms with van der Waals surface area (Å²) >= 11 is 0. The Bertz CT molecular complexity index is 1770. The Balaban J connectivity index is 1.23. The Morgan fingerprint density at radius 3 is 2.41 bits per heavy atom. The van der Waals surface area contributed by atoms with Gasteiger partial charge in [-0.1, -0.05) is 36.4 Å². The van der Waals surface area contributed by atoms with E-state index >= 15 is 0 Å². The maximum absolute atomic E-state index is 13.2. The molecule has 5 aromatic rings. The summed E-state index contributed by atoms with van der Waals surface area (Å²) in [6.45, 7) is 0.765. The molecule has 1 amide bonds. The minimum atomic E-state index is -3.10. The molecule has 0 atom stereocenters. The molecule has 0 aliphatic carbocycles. The topological polar surface area (TPSA) is 131 Å². The molecule has 2 heterocycles. The summed E-state index contributed by atoms with van der Waals surface area (Å²) in [5, 5.41) is 9.35. The summed E-state index contributed by atoms with van der Waals surface area (Å²) in [5.41, 5.74) is 4.46. The first kappa shape index (κ1) is 27.9. The zero-order valence-electron chi connectivity index (χ0n) is 22.2. The van der Waals surface area contributed by atoms with Crippen molar-refractivity contribution in [3.63, 3.8) is 0 Å². The second-order valence-corrected chi connectivity index (χ2v) is 11.7. The van der Waals surface area contributed by atoms with Crippen LogP contribution in [0.1, 0.15) is 16.8 Å². The van der Waals surface area contributed by atoms with E-state index in [0.29, 0.717) is 36.2 Å². The van der Waals surface area contributed by atoms with Crippen LogP contribution in [0.4, 0.5) is 22.0 Å². The van der Waals surface area contributed by atoms with Crippen LogP contribution in [0.25, 0.3) is 11.0 Å². The van der Waals surface area contributed by atoms with Gasteiger partial charge in [-0.3, -0.25) is 20.0 Å². The van der Waals surface area contributed by atoms with Crippen molar-refractivity contribution in [3.8, 4) is 0 Å². The first-order valence-corrected chi connectivity index (χ1v) is 14.8. The quantitative estimate of drug-likeness (QED) is 0.215. The summed E-state index contributed by atoms with van der Waals surface area (Å²) in [5.74, 6) is 0.173. The largest absolute Gasteiger partial charge is 0.324 e. The smallest absolute Gasteiger partial charge is 0.231 e. The first-order valence-electron chi connectivity index (χ1n) is 12.8. The SMILES string of the molecule is CS(=O)(=O)Cc1ccc(Nc2nccc(CNCn3c(NC(=O)Cc4ccc(F)cc4)nc4ccccc43)n2)cc1. The van der Waals surface area contributed by atoms with Crippen molar-refractivity contribution < 1.29 is 17.6 Å². The predicted molar refractivity (Wildman–Crippen MR) is 156 cm³/mol. The number of aromatic nitrogens is 4. The molecule has 210 valence electrons. The molecule has 3 aromatic carbocycles. The number of nitrogens with one attached hydrogen (secondary N) is 3. The van der Waals surface area contributed by atoms with Crippen molar-refractivity contribution >= 4 is 44.4 Å².